The molecule has 1 fully saturated rings. The fraction of sp³-hybridized carbons (Fsp3) is 0.600. The Hall–Kier alpha value is -0.850. The van der Waals surface area contributed by atoms with E-state index in [2.05, 4.69) is 26.1 Å². The maximum atomic E-state index is 12.3. The number of nitrogens with zero attached hydrogens (tertiary/aromatic N) is 3. The average molecular weight is 310 g/mol. The highest BCUT2D eigenvalue weighted by atomic mass is 79.9. The van der Waals surface area contributed by atoms with Crippen LogP contribution in [-0.4, -0.2) is 28.1 Å². The number of halogens is 4. The van der Waals surface area contributed by atoms with Gasteiger partial charge in [-0.25, -0.2) is 0 Å². The molecule has 1 aliphatic rings. The summed E-state index contributed by atoms with van der Waals surface area (Å²) in [4.78, 5) is 1.99. The molecule has 0 aromatic carbocycles. The Bertz CT molecular complexity index is 375. The molecule has 3 nitrogen and oxygen atoms in total. The van der Waals surface area contributed by atoms with Crippen molar-refractivity contribution in [3.63, 3.8) is 0 Å². The van der Waals surface area contributed by atoms with Gasteiger partial charge in [0.25, 0.3) is 0 Å². The van der Waals surface area contributed by atoms with Crippen molar-refractivity contribution in [3.05, 3.63) is 17.8 Å². The number of anilines is 1. The first-order valence-electron chi connectivity index (χ1n) is 5.26. The second-order valence-corrected chi connectivity index (χ2v) is 4.68. The van der Waals surface area contributed by atoms with Gasteiger partial charge in [0.2, 0.25) is 0 Å². The monoisotopic (exact) mass is 309 g/mol. The van der Waals surface area contributed by atoms with Gasteiger partial charge in [-0.05, 0) is 25.0 Å². The normalized spacial score (nSPS) is 16.0. The second-order valence-electron chi connectivity index (χ2n) is 3.89. The van der Waals surface area contributed by atoms with Crippen molar-refractivity contribution in [2.75, 3.05) is 16.8 Å². The summed E-state index contributed by atoms with van der Waals surface area (Å²) in [6.07, 6.45) is -2.29. The van der Waals surface area contributed by atoms with Crippen molar-refractivity contribution in [1.29, 1.82) is 0 Å². The van der Waals surface area contributed by atoms with Gasteiger partial charge in [-0.3, -0.25) is 0 Å². The molecule has 7 heteroatoms. The predicted octanol–water partition coefficient (Wildman–Crippen LogP) is 2.86. The Morgan fingerprint density at radius 2 is 2.00 bits per heavy atom. The van der Waals surface area contributed by atoms with Crippen LogP contribution in [0.2, 0.25) is 0 Å². The largest absolute Gasteiger partial charge is 0.435 e. The van der Waals surface area contributed by atoms with E-state index >= 15 is 0 Å². The Balaban J connectivity index is 2.15. The molecule has 1 saturated carbocycles. The summed E-state index contributed by atoms with van der Waals surface area (Å²) in [6.45, 7) is 0.727. The molecule has 17 heavy (non-hydrogen) atoms. The van der Waals surface area contributed by atoms with Crippen LogP contribution in [-0.2, 0) is 6.18 Å². The lowest BCUT2D eigenvalue weighted by Gasteiger charge is -2.21. The molecular formula is C10H11BrF3N3. The van der Waals surface area contributed by atoms with Gasteiger partial charge in [-0.2, -0.15) is 13.2 Å². The number of alkyl halides is 4. The van der Waals surface area contributed by atoms with E-state index in [1.165, 1.54) is 6.07 Å². The summed E-state index contributed by atoms with van der Waals surface area (Å²) in [6, 6.07) is 2.77. The average Bonchev–Trinajstić information content (AvgIpc) is 3.09. The lowest BCUT2D eigenvalue weighted by atomic mass is 10.3. The van der Waals surface area contributed by atoms with Crippen LogP contribution < -0.4 is 4.90 Å². The zero-order chi connectivity index (χ0) is 12.5. The third kappa shape index (κ3) is 3.08. The molecule has 1 aromatic rings. The zero-order valence-electron chi connectivity index (χ0n) is 8.91. The maximum absolute atomic E-state index is 12.3. The van der Waals surface area contributed by atoms with Crippen molar-refractivity contribution in [3.8, 4) is 0 Å². The number of hydrogen-bond donors (Lipinski definition) is 0. The van der Waals surface area contributed by atoms with Crippen LogP contribution in [0.25, 0.3) is 0 Å². The Morgan fingerprint density at radius 3 is 2.41 bits per heavy atom. The van der Waals surface area contributed by atoms with E-state index in [-0.39, 0.29) is 0 Å². The SMILES string of the molecule is FC(F)(F)c1ccc(N(CCBr)C2CC2)nn1. The number of hydrogen-bond acceptors (Lipinski definition) is 3. The highest BCUT2D eigenvalue weighted by Gasteiger charge is 2.34. The fourth-order valence-corrected chi connectivity index (χ4v) is 1.97. The van der Waals surface area contributed by atoms with E-state index in [9.17, 15) is 13.2 Å². The molecule has 0 N–H and O–H groups in total. The predicted molar refractivity (Wildman–Crippen MR) is 61.2 cm³/mol. The summed E-state index contributed by atoms with van der Waals surface area (Å²) < 4.78 is 36.9. The smallest absolute Gasteiger partial charge is 0.351 e. The molecule has 1 aromatic heterocycles. The molecule has 0 saturated heterocycles. The first kappa shape index (κ1) is 12.6. The molecule has 1 heterocycles. The minimum absolute atomic E-state index is 0.401. The first-order chi connectivity index (χ1) is 8.02. The standard InChI is InChI=1S/C10H11BrF3N3/c11-5-6-17(7-1-2-7)9-4-3-8(15-16-9)10(12,13)14/h3-4,7H,1-2,5-6H2. The molecule has 0 atom stereocenters. The summed E-state index contributed by atoms with van der Waals surface area (Å²) in [5.74, 6) is 0.514. The molecule has 0 spiro atoms. The quantitative estimate of drug-likeness (QED) is 0.801. The summed E-state index contributed by atoms with van der Waals surface area (Å²) >= 11 is 3.32. The molecule has 94 valence electrons. The van der Waals surface area contributed by atoms with Crippen molar-refractivity contribution in [2.24, 2.45) is 0 Å². The van der Waals surface area contributed by atoms with Gasteiger partial charge < -0.3 is 4.90 Å². The van der Waals surface area contributed by atoms with E-state index in [4.69, 9.17) is 0 Å². The minimum atomic E-state index is -4.43. The highest BCUT2D eigenvalue weighted by Crippen LogP contribution is 2.32. The fourth-order valence-electron chi connectivity index (χ4n) is 1.59. The molecular weight excluding hydrogens is 299 g/mol. The van der Waals surface area contributed by atoms with Gasteiger partial charge in [-0.15, -0.1) is 10.2 Å². The number of aromatic nitrogens is 2. The van der Waals surface area contributed by atoms with Crippen LogP contribution in [0.1, 0.15) is 18.5 Å². The van der Waals surface area contributed by atoms with Gasteiger partial charge in [-0.1, -0.05) is 15.9 Å². The van der Waals surface area contributed by atoms with E-state index in [1.807, 2.05) is 4.90 Å². The van der Waals surface area contributed by atoms with Gasteiger partial charge >= 0.3 is 6.18 Å². The lowest BCUT2D eigenvalue weighted by molar-refractivity contribution is -0.141. The molecule has 1 aliphatic carbocycles. The summed E-state index contributed by atoms with van der Waals surface area (Å²) in [7, 11) is 0. The zero-order valence-corrected chi connectivity index (χ0v) is 10.5. The van der Waals surface area contributed by atoms with Gasteiger partial charge in [0.05, 0.1) is 0 Å². The van der Waals surface area contributed by atoms with Gasteiger partial charge in [0.1, 0.15) is 0 Å². The van der Waals surface area contributed by atoms with Crippen LogP contribution in [0.5, 0.6) is 0 Å². The van der Waals surface area contributed by atoms with E-state index in [1.54, 1.807) is 0 Å². The van der Waals surface area contributed by atoms with Crippen molar-refractivity contribution in [1.82, 2.24) is 10.2 Å². The number of rotatable bonds is 4. The van der Waals surface area contributed by atoms with Crippen LogP contribution in [0.15, 0.2) is 12.1 Å². The molecule has 2 rings (SSSR count). The Kier molecular flexibility index (Phi) is 3.56. The minimum Gasteiger partial charge on any atom is -0.351 e. The lowest BCUT2D eigenvalue weighted by Crippen LogP contribution is -2.29. The van der Waals surface area contributed by atoms with E-state index in [0.717, 1.165) is 30.8 Å². The molecule has 0 bridgehead atoms. The first-order valence-corrected chi connectivity index (χ1v) is 6.38. The van der Waals surface area contributed by atoms with Gasteiger partial charge in [0, 0.05) is 17.9 Å². The van der Waals surface area contributed by atoms with Crippen LogP contribution >= 0.6 is 15.9 Å². The molecule has 0 radical (unpaired) electrons. The van der Waals surface area contributed by atoms with Crippen LogP contribution in [0.3, 0.4) is 0 Å². The van der Waals surface area contributed by atoms with E-state index in [0.29, 0.717) is 11.9 Å². The molecule has 0 amide bonds. The molecule has 0 unspecified atom stereocenters. The topological polar surface area (TPSA) is 29.0 Å². The van der Waals surface area contributed by atoms with Crippen LogP contribution in [0, 0.1) is 0 Å². The second kappa shape index (κ2) is 4.80. The third-order valence-electron chi connectivity index (χ3n) is 2.55. The Labute approximate surface area is 105 Å². The maximum Gasteiger partial charge on any atom is 0.435 e. The molecule has 0 aliphatic heterocycles. The van der Waals surface area contributed by atoms with Crippen molar-refractivity contribution >= 4 is 21.7 Å². The van der Waals surface area contributed by atoms with Gasteiger partial charge in [0.15, 0.2) is 11.5 Å². The van der Waals surface area contributed by atoms with Crippen molar-refractivity contribution < 1.29 is 13.2 Å². The Morgan fingerprint density at radius 1 is 1.29 bits per heavy atom. The summed E-state index contributed by atoms with van der Waals surface area (Å²) in [5, 5.41) is 7.65. The van der Waals surface area contributed by atoms with Crippen LogP contribution in [0.4, 0.5) is 19.0 Å². The van der Waals surface area contributed by atoms with Crippen molar-refractivity contribution in [2.45, 2.75) is 25.1 Å². The summed E-state index contributed by atoms with van der Waals surface area (Å²) in [5.41, 5.74) is -0.948. The van der Waals surface area contributed by atoms with E-state index < -0.39 is 11.9 Å². The third-order valence-corrected chi connectivity index (χ3v) is 2.90. The highest BCUT2D eigenvalue weighted by molar-refractivity contribution is 9.09.